The molecule has 0 radical (unpaired) electrons. The number of rotatable bonds is 26. The number of carbonyl (C=O) groups is 1. The molecule has 94 heavy (non-hydrogen) atoms. The molecule has 0 saturated heterocycles. The van der Waals surface area contributed by atoms with Gasteiger partial charge in [0.05, 0.1) is 70.3 Å². The molecule has 0 atom stereocenters. The summed E-state index contributed by atoms with van der Waals surface area (Å²) >= 11 is 0. The zero-order valence-corrected chi connectivity index (χ0v) is 56.7. The second-order valence-corrected chi connectivity index (χ2v) is 27.2. The Morgan fingerprint density at radius 2 is 0.809 bits per heavy atom. The molecule has 0 spiro atoms. The van der Waals surface area contributed by atoms with Crippen LogP contribution in [0.5, 0.6) is 0 Å². The third-order valence-corrected chi connectivity index (χ3v) is 17.4. The molecule has 0 saturated carbocycles. The summed E-state index contributed by atoms with van der Waals surface area (Å²) in [6.45, 7) is 23.7. The number of fused-ring (bicyclic) bond motifs is 24. The minimum Gasteiger partial charge on any atom is -0.369 e. The first-order chi connectivity index (χ1) is 45.5. The first kappa shape index (κ1) is 66.2. The third-order valence-electron chi connectivity index (χ3n) is 17.4. The van der Waals surface area contributed by atoms with E-state index < -0.39 is 0 Å². The number of pyridine rings is 2. The molecular weight excluding hydrogens is 1180 g/mol. The summed E-state index contributed by atoms with van der Waals surface area (Å²) in [4.78, 5) is 38.9. The zero-order chi connectivity index (χ0) is 65.9. The Labute approximate surface area is 551 Å². The van der Waals surface area contributed by atoms with E-state index in [2.05, 4.69) is 93.5 Å². The molecule has 0 N–H and O–H groups in total. The minimum atomic E-state index is -0.309. The molecule has 494 valence electrons. The van der Waals surface area contributed by atoms with Crippen LogP contribution < -0.4 is 10.4 Å². The van der Waals surface area contributed by atoms with Crippen LogP contribution in [0.25, 0.3) is 85.1 Å². The first-order valence-electron chi connectivity index (χ1n) is 34.3. The summed E-state index contributed by atoms with van der Waals surface area (Å²) < 4.78 is 10.1. The molecule has 11 rings (SSSR count). The highest BCUT2D eigenvalue weighted by Gasteiger charge is 2.27. The molecule has 24 nitrogen and oxygen atoms in total. The van der Waals surface area contributed by atoms with E-state index in [9.17, 15) is 9.59 Å². The van der Waals surface area contributed by atoms with Crippen LogP contribution in [0.15, 0.2) is 95.3 Å². The number of hydrogen-bond acceptors (Lipinski definition) is 15. The fraction of sp³-hybridized carbons (Fsp3) is 0.514. The molecule has 0 unspecified atom stereocenters. The summed E-state index contributed by atoms with van der Waals surface area (Å²) in [6, 6.07) is 19.8. The molecule has 0 fully saturated rings. The van der Waals surface area contributed by atoms with Crippen molar-refractivity contribution >= 4 is 11.9 Å². The van der Waals surface area contributed by atoms with Gasteiger partial charge < -0.3 is 20.5 Å². The van der Waals surface area contributed by atoms with E-state index in [0.29, 0.717) is 94.5 Å². The van der Waals surface area contributed by atoms with Crippen molar-refractivity contribution in [3.63, 3.8) is 0 Å². The van der Waals surface area contributed by atoms with Crippen LogP contribution in [0.4, 0.5) is 4.79 Å². The van der Waals surface area contributed by atoms with E-state index in [1.165, 1.54) is 0 Å². The van der Waals surface area contributed by atoms with Crippen molar-refractivity contribution in [1.82, 2.24) is 94.8 Å². The van der Waals surface area contributed by atoms with Gasteiger partial charge in [-0.1, -0.05) is 200 Å². The number of urea groups is 1. The molecule has 24 heteroatoms. The molecule has 9 heterocycles. The highest BCUT2D eigenvalue weighted by molar-refractivity contribution is 6.11. The molecule has 2 aromatic carbocycles. The second kappa shape index (κ2) is 29.8. The lowest BCUT2D eigenvalue weighted by molar-refractivity contribution is -0.771. The average Bonchev–Trinajstić information content (AvgIpc) is 1.52. The van der Waals surface area contributed by atoms with Gasteiger partial charge in [0.2, 0.25) is 5.82 Å². The number of aromatic nitrogens is 18. The van der Waals surface area contributed by atoms with Gasteiger partial charge in [-0.2, -0.15) is 4.79 Å². The van der Waals surface area contributed by atoms with Gasteiger partial charge in [-0.15, -0.1) is 20.4 Å². The van der Waals surface area contributed by atoms with E-state index in [-0.39, 0.29) is 22.6 Å². The largest absolute Gasteiger partial charge is 0.539 e. The molecular formula is C70H92N22O2. The van der Waals surface area contributed by atoms with Crippen molar-refractivity contribution in [1.29, 1.82) is 0 Å². The minimum absolute atomic E-state index is 0.226. The van der Waals surface area contributed by atoms with Crippen LogP contribution in [0.2, 0.25) is 0 Å². The summed E-state index contributed by atoms with van der Waals surface area (Å²) in [5.41, 5.74) is 14.1. The Hall–Kier alpha value is -9.22. The van der Waals surface area contributed by atoms with Crippen LogP contribution >= 0.6 is 0 Å². The number of benzene rings is 2. The monoisotopic (exact) mass is 1270 g/mol. The first-order valence-corrected chi connectivity index (χ1v) is 34.3. The molecule has 9 aromatic rings. The van der Waals surface area contributed by atoms with Crippen LogP contribution in [0, 0.1) is 0 Å². The number of hydrazone groups is 1. The topological polar surface area (TPSA) is 250 Å². The molecule has 0 aliphatic carbocycles. The number of amides is 2. The van der Waals surface area contributed by atoms with Gasteiger partial charge in [-0.05, 0) is 133 Å². The van der Waals surface area contributed by atoms with Gasteiger partial charge in [0.1, 0.15) is 35.9 Å². The average molecular weight is 1270 g/mol. The van der Waals surface area contributed by atoms with Crippen LogP contribution in [0.3, 0.4) is 0 Å². The van der Waals surface area contributed by atoms with E-state index in [1.54, 1.807) is 38.1 Å². The van der Waals surface area contributed by atoms with Crippen LogP contribution in [0.1, 0.15) is 214 Å². The van der Waals surface area contributed by atoms with Crippen LogP contribution in [-0.2, 0) is 23.9 Å². The smallest absolute Gasteiger partial charge is 0.369 e. The predicted molar refractivity (Wildman–Crippen MR) is 364 cm³/mol. The van der Waals surface area contributed by atoms with Crippen molar-refractivity contribution < 1.29 is 9.48 Å². The van der Waals surface area contributed by atoms with Gasteiger partial charge >= 0.3 is 11.7 Å². The fourth-order valence-electron chi connectivity index (χ4n) is 11.7. The van der Waals surface area contributed by atoms with Crippen molar-refractivity contribution in [2.24, 2.45) is 5.10 Å². The Kier molecular flexibility index (Phi) is 21.0. The Morgan fingerprint density at radius 1 is 0.426 bits per heavy atom. The summed E-state index contributed by atoms with van der Waals surface area (Å²) in [5.74, 6) is 0.752. The lowest BCUT2D eigenvalue weighted by Gasteiger charge is -2.42. The Morgan fingerprint density at radius 3 is 1.22 bits per heavy atom. The van der Waals surface area contributed by atoms with Gasteiger partial charge in [0, 0.05) is 18.7 Å². The summed E-state index contributed by atoms with van der Waals surface area (Å²) in [6.07, 6.45) is 28.1. The van der Waals surface area contributed by atoms with Crippen molar-refractivity contribution in [3.8, 4) is 79.7 Å². The van der Waals surface area contributed by atoms with E-state index in [4.69, 9.17) is 71.9 Å². The lowest BCUT2D eigenvalue weighted by Crippen LogP contribution is -2.58. The fourth-order valence-corrected chi connectivity index (χ4v) is 11.7. The van der Waals surface area contributed by atoms with Gasteiger partial charge in [0.15, 0.2) is 0 Å². The SMILES string of the molecule is CCCCCCCN1N=C(c2cc3nc(c2)-c2cn(nn2)-c2cc(cc(C(C)(C)C)c2)-n2cc(nn2)-c2cc(-c4nn(CCCCCCC)c(=O)[n+](CCCCCCC)n4)cc(n2)-c2cn(nn2)-c2cc(cc(C(C)(C)C)c2)-n2cc-3nn2)[N-]N(CCCCCCC)C1=O. The van der Waals surface area contributed by atoms with Gasteiger partial charge in [0.25, 0.3) is 0 Å². The standard InChI is InChI=1S/C70H92N22O2/c1-11-15-19-23-27-31-85-67(93)86(32-28-24-20-16-12-2)78-65(77-85)49-35-57-61-45-89(81-73-61)53-39-51(69(5,6)7)41-55(43-53)91-47-63(75-83-91)59-37-50(66-79-87(33-29-25-21-17-13-3)68(94)88(80-66)34-30-26-22-18-14-4)38-60(72-59)64-48-92(84-76-64)56-42-52(70(8,9)10)40-54(44-56)90-46-62(74-82-90)58(36-49)71-57/h35-48H,11-34H2,1-10H3. The molecule has 2 aliphatic heterocycles. The van der Waals surface area contributed by atoms with Gasteiger partial charge in [-0.25, -0.2) is 33.5 Å². The van der Waals surface area contributed by atoms with E-state index >= 15 is 0 Å². The summed E-state index contributed by atoms with van der Waals surface area (Å²) in [7, 11) is 0. The van der Waals surface area contributed by atoms with E-state index in [1.807, 2.05) is 61.2 Å². The Bertz CT molecular complexity index is 3940. The number of amidine groups is 1. The van der Waals surface area contributed by atoms with Gasteiger partial charge in [-0.3, -0.25) is 0 Å². The molecule has 2 aliphatic rings. The number of unbranched alkanes of at least 4 members (excludes halogenated alkanes) is 16. The number of carbonyl (C=O) groups excluding carboxylic acids is 1. The third kappa shape index (κ3) is 15.9. The number of nitrogens with zero attached hydrogens (tertiary/aromatic N) is 22. The van der Waals surface area contributed by atoms with Crippen molar-refractivity contribution in [2.45, 2.75) is 222 Å². The van der Waals surface area contributed by atoms with Crippen molar-refractivity contribution in [2.75, 3.05) is 13.1 Å². The molecule has 7 aromatic heterocycles. The molecule has 2 amide bonds. The normalized spacial score (nSPS) is 13.1. The number of hydrogen-bond donors (Lipinski definition) is 0. The summed E-state index contributed by atoms with van der Waals surface area (Å²) in [5, 5.41) is 56.4. The maximum Gasteiger partial charge on any atom is 0.539 e. The number of aryl methyl sites for hydroxylation is 2. The predicted octanol–water partition coefficient (Wildman–Crippen LogP) is 13.9. The van der Waals surface area contributed by atoms with Crippen molar-refractivity contribution in [3.05, 3.63) is 118 Å². The second-order valence-electron chi connectivity index (χ2n) is 27.2. The van der Waals surface area contributed by atoms with Crippen LogP contribution in [-0.4, -0.2) is 120 Å². The lowest BCUT2D eigenvalue weighted by atomic mass is 9.86. The molecule has 16 bridgehead atoms. The quantitative estimate of drug-likeness (QED) is 0.0361. The maximum absolute atomic E-state index is 14.2. The highest BCUT2D eigenvalue weighted by atomic mass is 16.2. The Balaban J connectivity index is 1.07. The highest BCUT2D eigenvalue weighted by Crippen LogP contribution is 2.34. The maximum atomic E-state index is 14.2. The van der Waals surface area contributed by atoms with E-state index in [0.717, 1.165) is 162 Å². The zero-order valence-electron chi connectivity index (χ0n) is 56.7.